The average molecular weight is 245 g/mol. The normalized spacial score (nSPS) is 12.5. The lowest BCUT2D eigenvalue weighted by molar-refractivity contribution is 0.373. The number of methoxy groups -OCH3 is 1. The van der Waals surface area contributed by atoms with Crippen molar-refractivity contribution < 1.29 is 9.84 Å². The topological polar surface area (TPSA) is 29.5 Å². The van der Waals surface area contributed by atoms with Gasteiger partial charge in [-0.1, -0.05) is 28.9 Å². The van der Waals surface area contributed by atoms with Gasteiger partial charge in [-0.25, -0.2) is 0 Å². The zero-order valence-corrected chi connectivity index (χ0v) is 9.34. The molecule has 2 nitrogen and oxygen atoms in total. The summed E-state index contributed by atoms with van der Waals surface area (Å²) in [4.78, 5) is 0.321. The van der Waals surface area contributed by atoms with Gasteiger partial charge in [0.25, 0.3) is 0 Å². The number of alkyl halides is 1. The number of phenols is 1. The van der Waals surface area contributed by atoms with Crippen molar-refractivity contribution >= 4 is 15.9 Å². The predicted molar refractivity (Wildman–Crippen MR) is 56.6 cm³/mol. The van der Waals surface area contributed by atoms with E-state index >= 15 is 0 Å². The molecule has 0 spiro atoms. The van der Waals surface area contributed by atoms with E-state index in [2.05, 4.69) is 22.9 Å². The Morgan fingerprint density at radius 2 is 2.23 bits per heavy atom. The lowest BCUT2D eigenvalue weighted by atomic mass is 10.1. The molecule has 0 amide bonds. The molecule has 1 aromatic rings. The van der Waals surface area contributed by atoms with E-state index in [9.17, 15) is 5.11 Å². The van der Waals surface area contributed by atoms with Crippen LogP contribution in [0.4, 0.5) is 0 Å². The summed E-state index contributed by atoms with van der Waals surface area (Å²) >= 11 is 3.54. The number of ether oxygens (including phenoxy) is 1. The molecule has 1 atom stereocenters. The average Bonchev–Trinajstić information content (AvgIpc) is 2.17. The van der Waals surface area contributed by atoms with Gasteiger partial charge in [0.15, 0.2) is 11.5 Å². The molecule has 1 unspecified atom stereocenters. The fourth-order valence-corrected chi connectivity index (χ4v) is 1.41. The molecule has 0 aliphatic heterocycles. The molecule has 0 aromatic heterocycles. The van der Waals surface area contributed by atoms with Gasteiger partial charge in [-0.2, -0.15) is 0 Å². The van der Waals surface area contributed by atoms with Crippen molar-refractivity contribution in [1.29, 1.82) is 0 Å². The van der Waals surface area contributed by atoms with Crippen LogP contribution in [-0.4, -0.2) is 12.2 Å². The van der Waals surface area contributed by atoms with Crippen LogP contribution in [0.25, 0.3) is 0 Å². The summed E-state index contributed by atoms with van der Waals surface area (Å²) in [6.45, 7) is 2.10. The van der Waals surface area contributed by atoms with Crippen molar-refractivity contribution in [2.75, 3.05) is 7.11 Å². The van der Waals surface area contributed by atoms with Crippen LogP contribution in [0.2, 0.25) is 0 Å². The van der Waals surface area contributed by atoms with Gasteiger partial charge in [0.2, 0.25) is 0 Å². The molecule has 0 aliphatic rings. The summed E-state index contributed by atoms with van der Waals surface area (Å²) in [7, 11) is 1.55. The summed E-state index contributed by atoms with van der Waals surface area (Å²) in [6.07, 6.45) is 1.01. The Hall–Kier alpha value is -0.700. The van der Waals surface area contributed by atoms with Crippen molar-refractivity contribution in [3.8, 4) is 11.5 Å². The van der Waals surface area contributed by atoms with Crippen molar-refractivity contribution in [2.24, 2.45) is 0 Å². The summed E-state index contributed by atoms with van der Waals surface area (Å²) in [5.41, 5.74) is 1.12. The van der Waals surface area contributed by atoms with Gasteiger partial charge < -0.3 is 9.84 Å². The molecule has 0 bridgehead atoms. The largest absolute Gasteiger partial charge is 0.504 e. The fraction of sp³-hybridized carbons (Fsp3) is 0.400. The second-order valence-corrected chi connectivity index (χ2v) is 3.91. The molecule has 13 heavy (non-hydrogen) atoms. The van der Waals surface area contributed by atoms with Crippen LogP contribution in [0.5, 0.6) is 11.5 Å². The first-order valence-corrected chi connectivity index (χ1v) is 5.11. The maximum Gasteiger partial charge on any atom is 0.160 e. The number of phenolic OH excluding ortho intramolecular Hbond substituents is 1. The van der Waals surface area contributed by atoms with Gasteiger partial charge >= 0.3 is 0 Å². The molecule has 72 valence electrons. The Labute approximate surface area is 86.7 Å². The quantitative estimate of drug-likeness (QED) is 0.828. The van der Waals surface area contributed by atoms with Crippen molar-refractivity contribution in [1.82, 2.24) is 0 Å². The summed E-state index contributed by atoms with van der Waals surface area (Å²) < 4.78 is 5.01. The zero-order valence-electron chi connectivity index (χ0n) is 7.75. The van der Waals surface area contributed by atoms with E-state index in [-0.39, 0.29) is 5.75 Å². The molecule has 0 radical (unpaired) electrons. The highest BCUT2D eigenvalue weighted by Crippen LogP contribution is 2.33. The molecule has 0 saturated carbocycles. The summed E-state index contributed by atoms with van der Waals surface area (Å²) in [5.74, 6) is 0.706. The van der Waals surface area contributed by atoms with Gasteiger partial charge in [0.05, 0.1) is 7.11 Å². The Kier molecular flexibility index (Phi) is 3.60. The molecule has 0 heterocycles. The molecule has 1 rings (SSSR count). The monoisotopic (exact) mass is 244 g/mol. The molecule has 0 aliphatic carbocycles. The van der Waals surface area contributed by atoms with Crippen molar-refractivity contribution in [2.45, 2.75) is 18.2 Å². The summed E-state index contributed by atoms with van der Waals surface area (Å²) in [6, 6.07) is 5.39. The Morgan fingerprint density at radius 3 is 2.77 bits per heavy atom. The van der Waals surface area contributed by atoms with Crippen LogP contribution in [0, 0.1) is 0 Å². The second kappa shape index (κ2) is 4.51. The smallest absolute Gasteiger partial charge is 0.160 e. The van der Waals surface area contributed by atoms with Gasteiger partial charge in [-0.15, -0.1) is 0 Å². The van der Waals surface area contributed by atoms with Crippen LogP contribution in [0.15, 0.2) is 18.2 Å². The van der Waals surface area contributed by atoms with Crippen molar-refractivity contribution in [3.63, 3.8) is 0 Å². The first kappa shape index (κ1) is 10.4. The van der Waals surface area contributed by atoms with Crippen LogP contribution in [-0.2, 0) is 0 Å². The Bertz CT molecular complexity index is 286. The van der Waals surface area contributed by atoms with E-state index in [1.165, 1.54) is 0 Å². The van der Waals surface area contributed by atoms with Gasteiger partial charge in [0, 0.05) is 4.83 Å². The zero-order chi connectivity index (χ0) is 9.84. The lowest BCUT2D eigenvalue weighted by Gasteiger charge is -2.09. The standard InChI is InChI=1S/C10H13BrO2/c1-3-8(11)7-4-5-9(12)10(6-7)13-2/h4-6,8,12H,3H2,1-2H3. The minimum Gasteiger partial charge on any atom is -0.504 e. The molecule has 1 aromatic carbocycles. The summed E-state index contributed by atoms with van der Waals surface area (Å²) in [5, 5.41) is 9.35. The van der Waals surface area contributed by atoms with Gasteiger partial charge in [-0.05, 0) is 24.1 Å². The van der Waals surface area contributed by atoms with E-state index in [0.29, 0.717) is 10.6 Å². The van der Waals surface area contributed by atoms with E-state index in [1.54, 1.807) is 13.2 Å². The number of hydrogen-bond acceptors (Lipinski definition) is 2. The highest BCUT2D eigenvalue weighted by Gasteiger charge is 2.08. The molecule has 0 fully saturated rings. The Balaban J connectivity index is 2.99. The molecular weight excluding hydrogens is 232 g/mol. The van der Waals surface area contributed by atoms with E-state index in [1.807, 2.05) is 12.1 Å². The van der Waals surface area contributed by atoms with Crippen LogP contribution < -0.4 is 4.74 Å². The van der Waals surface area contributed by atoms with E-state index in [0.717, 1.165) is 12.0 Å². The van der Waals surface area contributed by atoms with Gasteiger partial charge in [-0.3, -0.25) is 0 Å². The molecule has 0 saturated heterocycles. The fourth-order valence-electron chi connectivity index (χ4n) is 1.12. The maximum atomic E-state index is 9.35. The maximum absolute atomic E-state index is 9.35. The van der Waals surface area contributed by atoms with E-state index in [4.69, 9.17) is 4.74 Å². The minimum absolute atomic E-state index is 0.182. The SMILES string of the molecule is CCC(Br)c1ccc(O)c(OC)c1. The van der Waals surface area contributed by atoms with Crippen LogP contribution >= 0.6 is 15.9 Å². The second-order valence-electron chi connectivity index (χ2n) is 2.81. The third-order valence-electron chi connectivity index (χ3n) is 1.92. The van der Waals surface area contributed by atoms with E-state index < -0.39 is 0 Å². The first-order valence-electron chi connectivity index (χ1n) is 4.20. The third kappa shape index (κ3) is 2.37. The first-order chi connectivity index (χ1) is 6.19. The number of hydrogen-bond donors (Lipinski definition) is 1. The molecule has 1 N–H and O–H groups in total. The third-order valence-corrected chi connectivity index (χ3v) is 3.10. The predicted octanol–water partition coefficient (Wildman–Crippen LogP) is 3.25. The molecular formula is C10H13BrO2. The minimum atomic E-state index is 0.182. The van der Waals surface area contributed by atoms with Crippen LogP contribution in [0.1, 0.15) is 23.7 Å². The Morgan fingerprint density at radius 1 is 1.54 bits per heavy atom. The van der Waals surface area contributed by atoms with Crippen LogP contribution in [0.3, 0.4) is 0 Å². The number of benzene rings is 1. The highest BCUT2D eigenvalue weighted by molar-refractivity contribution is 9.09. The number of rotatable bonds is 3. The van der Waals surface area contributed by atoms with Gasteiger partial charge in [0.1, 0.15) is 0 Å². The number of aromatic hydroxyl groups is 1. The van der Waals surface area contributed by atoms with Crippen molar-refractivity contribution in [3.05, 3.63) is 23.8 Å². The lowest BCUT2D eigenvalue weighted by Crippen LogP contribution is -1.90. The highest BCUT2D eigenvalue weighted by atomic mass is 79.9. The molecule has 3 heteroatoms. The number of halogens is 1.